The first kappa shape index (κ1) is 19.2. The minimum absolute atomic E-state index is 0. The van der Waals surface area contributed by atoms with Crippen LogP contribution in [-0.4, -0.2) is 45.0 Å². The van der Waals surface area contributed by atoms with Gasteiger partial charge in [0.15, 0.2) is 0 Å². The largest absolute Gasteiger partial charge is 0.495 e. The minimum atomic E-state index is -3.56. The Hall–Kier alpha value is -0.820. The maximum Gasteiger partial charge on any atom is 0.247 e. The summed E-state index contributed by atoms with van der Waals surface area (Å²) in [6.45, 7) is 8.85. The second-order valence-electron chi connectivity index (χ2n) is 5.71. The highest BCUT2D eigenvalue weighted by atomic mass is 35.5. The molecule has 5 nitrogen and oxygen atoms in total. The van der Waals surface area contributed by atoms with Gasteiger partial charge in [0.1, 0.15) is 10.6 Å². The van der Waals surface area contributed by atoms with Gasteiger partial charge in [0.05, 0.1) is 7.11 Å². The zero-order valence-corrected chi connectivity index (χ0v) is 15.3. The molecule has 0 bridgehead atoms. The van der Waals surface area contributed by atoms with Crippen molar-refractivity contribution in [1.82, 2.24) is 9.62 Å². The summed E-state index contributed by atoms with van der Waals surface area (Å²) in [6.07, 6.45) is 0. The molecule has 1 heterocycles. The summed E-state index contributed by atoms with van der Waals surface area (Å²) >= 11 is 0. The van der Waals surface area contributed by atoms with Gasteiger partial charge in [0.25, 0.3) is 0 Å². The van der Waals surface area contributed by atoms with Crippen LogP contribution in [0.2, 0.25) is 0 Å². The van der Waals surface area contributed by atoms with E-state index in [2.05, 4.69) is 5.32 Å². The molecule has 2 atom stereocenters. The van der Waals surface area contributed by atoms with Crippen LogP contribution in [0.5, 0.6) is 5.75 Å². The summed E-state index contributed by atoms with van der Waals surface area (Å²) in [6, 6.07) is 3.67. The predicted octanol–water partition coefficient (Wildman–Crippen LogP) is 2.10. The van der Waals surface area contributed by atoms with Gasteiger partial charge in [-0.05, 0) is 44.9 Å². The van der Waals surface area contributed by atoms with Gasteiger partial charge in [-0.2, -0.15) is 4.31 Å². The SMILES string of the molecule is COc1c(C)cc(C)cc1S(=O)(=O)N1CCNC(C)C1C.Cl. The first-order valence-corrected chi connectivity index (χ1v) is 8.63. The molecular weight excluding hydrogens is 324 g/mol. The summed E-state index contributed by atoms with van der Waals surface area (Å²) in [5.41, 5.74) is 1.76. The van der Waals surface area contributed by atoms with Gasteiger partial charge in [-0.3, -0.25) is 0 Å². The van der Waals surface area contributed by atoms with Crippen molar-refractivity contribution in [3.8, 4) is 5.75 Å². The van der Waals surface area contributed by atoms with Crippen molar-refractivity contribution in [2.75, 3.05) is 20.2 Å². The summed E-state index contributed by atoms with van der Waals surface area (Å²) in [5, 5.41) is 3.30. The van der Waals surface area contributed by atoms with Crippen LogP contribution in [0.4, 0.5) is 0 Å². The third-order valence-electron chi connectivity index (χ3n) is 4.15. The summed E-state index contributed by atoms with van der Waals surface area (Å²) < 4.78 is 33.0. The Balaban J connectivity index is 0.00000242. The van der Waals surface area contributed by atoms with E-state index in [9.17, 15) is 8.42 Å². The van der Waals surface area contributed by atoms with Crippen LogP contribution in [0.15, 0.2) is 17.0 Å². The molecule has 0 spiro atoms. The van der Waals surface area contributed by atoms with E-state index in [4.69, 9.17) is 4.74 Å². The van der Waals surface area contributed by atoms with E-state index in [-0.39, 0.29) is 29.4 Å². The molecule has 7 heteroatoms. The lowest BCUT2D eigenvalue weighted by Crippen LogP contribution is -2.57. The lowest BCUT2D eigenvalue weighted by atomic mass is 10.1. The maximum absolute atomic E-state index is 13.0. The fourth-order valence-corrected chi connectivity index (χ4v) is 4.88. The molecule has 0 aromatic heterocycles. The van der Waals surface area contributed by atoms with Crippen LogP contribution < -0.4 is 10.1 Å². The van der Waals surface area contributed by atoms with E-state index in [1.165, 1.54) is 7.11 Å². The van der Waals surface area contributed by atoms with Crippen molar-refractivity contribution in [2.45, 2.75) is 44.7 Å². The highest BCUT2D eigenvalue weighted by Gasteiger charge is 2.36. The minimum Gasteiger partial charge on any atom is -0.495 e. The van der Waals surface area contributed by atoms with Gasteiger partial charge >= 0.3 is 0 Å². The summed E-state index contributed by atoms with van der Waals surface area (Å²) in [7, 11) is -2.05. The monoisotopic (exact) mass is 348 g/mol. The van der Waals surface area contributed by atoms with Crippen molar-refractivity contribution in [1.29, 1.82) is 0 Å². The summed E-state index contributed by atoms with van der Waals surface area (Å²) in [5.74, 6) is 0.444. The Bertz CT molecular complexity index is 634. The van der Waals surface area contributed by atoms with Gasteiger partial charge in [0.2, 0.25) is 10.0 Å². The lowest BCUT2D eigenvalue weighted by Gasteiger charge is -2.37. The Kier molecular flexibility index (Phi) is 6.27. The second kappa shape index (κ2) is 7.17. The van der Waals surface area contributed by atoms with Crippen molar-refractivity contribution in [3.63, 3.8) is 0 Å². The van der Waals surface area contributed by atoms with Gasteiger partial charge in [-0.1, -0.05) is 6.07 Å². The van der Waals surface area contributed by atoms with Gasteiger partial charge in [0, 0.05) is 25.2 Å². The number of nitrogens with one attached hydrogen (secondary N) is 1. The smallest absolute Gasteiger partial charge is 0.247 e. The topological polar surface area (TPSA) is 58.6 Å². The normalized spacial score (nSPS) is 23.0. The average molecular weight is 349 g/mol. The van der Waals surface area contributed by atoms with E-state index in [0.717, 1.165) is 11.1 Å². The van der Waals surface area contributed by atoms with Crippen LogP contribution in [0.25, 0.3) is 0 Å². The number of benzene rings is 1. The molecular formula is C15H25ClN2O3S. The number of piperazine rings is 1. The number of rotatable bonds is 3. The molecule has 1 aliphatic heterocycles. The molecule has 1 saturated heterocycles. The molecule has 22 heavy (non-hydrogen) atoms. The molecule has 1 aliphatic rings. The van der Waals surface area contributed by atoms with E-state index >= 15 is 0 Å². The molecule has 1 aromatic carbocycles. The number of hydrogen-bond donors (Lipinski definition) is 1. The number of nitrogens with zero attached hydrogens (tertiary/aromatic N) is 1. The fraction of sp³-hybridized carbons (Fsp3) is 0.600. The lowest BCUT2D eigenvalue weighted by molar-refractivity contribution is 0.232. The third kappa shape index (κ3) is 3.40. The maximum atomic E-state index is 13.0. The molecule has 0 radical (unpaired) electrons. The molecule has 1 N–H and O–H groups in total. The van der Waals surface area contributed by atoms with E-state index in [0.29, 0.717) is 18.8 Å². The van der Waals surface area contributed by atoms with E-state index in [1.807, 2.05) is 33.8 Å². The van der Waals surface area contributed by atoms with Gasteiger partial charge in [-0.25, -0.2) is 8.42 Å². The van der Waals surface area contributed by atoms with Crippen LogP contribution in [0.1, 0.15) is 25.0 Å². The highest BCUT2D eigenvalue weighted by Crippen LogP contribution is 2.32. The van der Waals surface area contributed by atoms with Crippen LogP contribution in [0, 0.1) is 13.8 Å². The Morgan fingerprint density at radius 3 is 2.50 bits per heavy atom. The van der Waals surface area contributed by atoms with E-state index in [1.54, 1.807) is 10.4 Å². The molecule has 1 fully saturated rings. The predicted molar refractivity (Wildman–Crippen MR) is 90.5 cm³/mol. The zero-order valence-electron chi connectivity index (χ0n) is 13.7. The van der Waals surface area contributed by atoms with Crippen LogP contribution in [0.3, 0.4) is 0 Å². The molecule has 126 valence electrons. The molecule has 0 saturated carbocycles. The van der Waals surface area contributed by atoms with Gasteiger partial charge < -0.3 is 10.1 Å². The van der Waals surface area contributed by atoms with Crippen LogP contribution in [-0.2, 0) is 10.0 Å². The second-order valence-corrected chi connectivity index (χ2v) is 7.57. The Morgan fingerprint density at radius 1 is 1.27 bits per heavy atom. The molecule has 1 aromatic rings. The Morgan fingerprint density at radius 2 is 1.91 bits per heavy atom. The van der Waals surface area contributed by atoms with Crippen molar-refractivity contribution < 1.29 is 13.2 Å². The van der Waals surface area contributed by atoms with Gasteiger partial charge in [-0.15, -0.1) is 12.4 Å². The molecule has 2 rings (SSSR count). The number of methoxy groups -OCH3 is 1. The zero-order chi connectivity index (χ0) is 15.8. The number of ether oxygens (including phenoxy) is 1. The quantitative estimate of drug-likeness (QED) is 0.908. The van der Waals surface area contributed by atoms with E-state index < -0.39 is 10.0 Å². The standard InChI is InChI=1S/C15H24N2O3S.ClH/c1-10-8-11(2)15(20-5)14(9-10)21(18,19)17-7-6-16-12(3)13(17)4;/h8-9,12-13,16H,6-7H2,1-5H3;1H. The number of sulfonamides is 1. The first-order valence-electron chi connectivity index (χ1n) is 7.19. The average Bonchev–Trinajstić information content (AvgIpc) is 2.41. The molecule has 0 aliphatic carbocycles. The number of aryl methyl sites for hydroxylation is 2. The van der Waals surface area contributed by atoms with Crippen molar-refractivity contribution in [2.24, 2.45) is 0 Å². The van der Waals surface area contributed by atoms with Crippen molar-refractivity contribution in [3.05, 3.63) is 23.3 Å². The molecule has 0 amide bonds. The fourth-order valence-electron chi connectivity index (χ4n) is 2.86. The summed E-state index contributed by atoms with van der Waals surface area (Å²) in [4.78, 5) is 0.267. The first-order chi connectivity index (χ1) is 9.78. The van der Waals surface area contributed by atoms with Crippen LogP contribution >= 0.6 is 12.4 Å². The third-order valence-corrected chi connectivity index (χ3v) is 6.14. The number of hydrogen-bond acceptors (Lipinski definition) is 4. The molecule has 2 unspecified atom stereocenters. The highest BCUT2D eigenvalue weighted by molar-refractivity contribution is 7.89. The van der Waals surface area contributed by atoms with Crippen molar-refractivity contribution >= 4 is 22.4 Å². The Labute approximate surface area is 139 Å². The number of halogens is 1.